The van der Waals surface area contributed by atoms with Gasteiger partial charge in [-0.15, -0.1) is 10.2 Å². The number of nitriles is 1. The fourth-order valence-corrected chi connectivity index (χ4v) is 4.30. The third-order valence-electron chi connectivity index (χ3n) is 6.66. The van der Waals surface area contributed by atoms with Crippen LogP contribution in [0, 0.1) is 11.3 Å². The van der Waals surface area contributed by atoms with Crippen molar-refractivity contribution in [2.45, 2.75) is 39.5 Å². The molecule has 2 aromatic carbocycles. The van der Waals surface area contributed by atoms with Gasteiger partial charge in [-0.1, -0.05) is 27.7 Å². The molecule has 17 nitrogen and oxygen atoms in total. The molecule has 0 fully saturated rings. The summed E-state index contributed by atoms with van der Waals surface area (Å²) in [6, 6.07) is 9.12. The Morgan fingerprint density at radius 3 is 1.64 bits per heavy atom. The monoisotopic (exact) mass is 641 g/mol. The van der Waals surface area contributed by atoms with E-state index in [9.17, 15) is 5.26 Å². The minimum atomic E-state index is 0.0707. The molecule has 0 saturated carbocycles. The first-order valence-electron chi connectivity index (χ1n) is 14.1. The highest BCUT2D eigenvalue weighted by molar-refractivity contribution is 5.68. The number of hydrogen-bond acceptors (Lipinski definition) is 16. The predicted molar refractivity (Wildman–Crippen MR) is 174 cm³/mol. The van der Waals surface area contributed by atoms with Gasteiger partial charge in [0.15, 0.2) is 23.1 Å². The molecule has 0 amide bonds. The van der Waals surface area contributed by atoms with Crippen molar-refractivity contribution in [2.24, 2.45) is 0 Å². The zero-order chi connectivity index (χ0) is 34.2. The Bertz CT molecular complexity index is 1890. The Morgan fingerprint density at radius 1 is 0.702 bits per heavy atom. The molecule has 244 valence electrons. The zero-order valence-corrected chi connectivity index (χ0v) is 26.6. The average Bonchev–Trinajstić information content (AvgIpc) is 3.58. The van der Waals surface area contributed by atoms with Gasteiger partial charge >= 0.3 is 0 Å². The Hall–Kier alpha value is -6.44. The van der Waals surface area contributed by atoms with Crippen LogP contribution in [0.2, 0.25) is 0 Å². The summed E-state index contributed by atoms with van der Waals surface area (Å²) in [6.45, 7) is 8.10. The fraction of sp³-hybridized carbons (Fsp3) is 0.267. The number of tetrazole rings is 1. The second kappa shape index (κ2) is 14.6. The van der Waals surface area contributed by atoms with Crippen LogP contribution in [0.3, 0.4) is 0 Å². The topological polar surface area (TPSA) is 271 Å². The number of hydrogen-bond donors (Lipinski definition) is 5. The first kappa shape index (κ1) is 33.5. The Kier molecular flexibility index (Phi) is 10.4. The smallest absolute Gasteiger partial charge is 0.222 e. The second-order valence-corrected chi connectivity index (χ2v) is 10.5. The van der Waals surface area contributed by atoms with Crippen LogP contribution in [0.25, 0.3) is 11.4 Å². The van der Waals surface area contributed by atoms with Crippen LogP contribution >= 0.6 is 0 Å². The number of nitrogens with two attached hydrogens (primary N) is 4. The molecule has 0 bridgehead atoms. The normalized spacial score (nSPS) is 10.6. The van der Waals surface area contributed by atoms with E-state index in [2.05, 4.69) is 46.6 Å². The van der Waals surface area contributed by atoms with Crippen LogP contribution in [-0.2, 0) is 0 Å². The number of methoxy groups -OCH3 is 2. The summed E-state index contributed by atoms with van der Waals surface area (Å²) < 4.78 is 22.4. The minimum Gasteiger partial charge on any atom is -0.496 e. The molecule has 0 atom stereocenters. The quantitative estimate of drug-likeness (QED) is 0.151. The Balaban J connectivity index is 0.000000215. The summed E-state index contributed by atoms with van der Waals surface area (Å²) in [5.74, 6) is 3.92. The highest BCUT2D eigenvalue weighted by Crippen LogP contribution is 2.40. The molecule has 47 heavy (non-hydrogen) atoms. The van der Waals surface area contributed by atoms with Crippen molar-refractivity contribution >= 4 is 23.5 Å². The van der Waals surface area contributed by atoms with Gasteiger partial charge in [-0.05, 0) is 35.2 Å². The van der Waals surface area contributed by atoms with Crippen molar-refractivity contribution in [3.05, 3.63) is 53.3 Å². The van der Waals surface area contributed by atoms with Crippen molar-refractivity contribution in [3.8, 4) is 52.0 Å². The van der Waals surface area contributed by atoms with Gasteiger partial charge in [0.2, 0.25) is 17.7 Å². The van der Waals surface area contributed by atoms with Crippen molar-refractivity contribution in [1.82, 2.24) is 40.6 Å². The number of ether oxygens (including phenoxy) is 4. The van der Waals surface area contributed by atoms with Crippen LogP contribution in [0.4, 0.5) is 23.5 Å². The van der Waals surface area contributed by atoms with Gasteiger partial charge in [-0.25, -0.2) is 9.97 Å². The average molecular weight is 642 g/mol. The standard InChI is InChI=1S/C15H18N8O2.C15H17N5O2/c1-7(2)8-4-10(24-3)9(14-20-22-23-21-14)5-11(8)25-12-6-18-15(17)19-13(12)16;1-8(2)10-5-11(21-3)9(6-16)4-12(10)22-13-7-19-15(18)20-14(13)17/h4-7H,1-3H3,(H4,16,17,18,19)(H,20,21,22,23);4-5,7-8H,1-3H3,(H4,17,18,19,20). The van der Waals surface area contributed by atoms with E-state index < -0.39 is 0 Å². The number of rotatable bonds is 9. The lowest BCUT2D eigenvalue weighted by Gasteiger charge is -2.17. The molecule has 5 aromatic rings. The third kappa shape index (κ3) is 7.81. The molecule has 0 aliphatic rings. The van der Waals surface area contributed by atoms with Gasteiger partial charge in [0.1, 0.15) is 29.1 Å². The van der Waals surface area contributed by atoms with Gasteiger partial charge in [0.05, 0.1) is 37.7 Å². The van der Waals surface area contributed by atoms with E-state index in [0.717, 1.165) is 11.1 Å². The molecular formula is C30H35N13O4. The first-order valence-corrected chi connectivity index (χ1v) is 14.1. The summed E-state index contributed by atoms with van der Waals surface area (Å²) in [5, 5.41) is 23.2. The van der Waals surface area contributed by atoms with E-state index in [1.54, 1.807) is 25.3 Å². The molecule has 0 unspecified atom stereocenters. The number of H-pyrrole nitrogens is 1. The number of aromatic amines is 1. The first-order chi connectivity index (χ1) is 22.4. The zero-order valence-electron chi connectivity index (χ0n) is 26.6. The van der Waals surface area contributed by atoms with Crippen molar-refractivity contribution in [1.29, 1.82) is 5.26 Å². The van der Waals surface area contributed by atoms with Gasteiger partial charge < -0.3 is 41.9 Å². The lowest BCUT2D eigenvalue weighted by Crippen LogP contribution is -2.03. The third-order valence-corrected chi connectivity index (χ3v) is 6.66. The molecule has 3 heterocycles. The number of aromatic nitrogens is 8. The maximum Gasteiger partial charge on any atom is 0.222 e. The van der Waals surface area contributed by atoms with E-state index in [-0.39, 0.29) is 41.1 Å². The minimum absolute atomic E-state index is 0.0707. The van der Waals surface area contributed by atoms with Crippen LogP contribution in [0.5, 0.6) is 34.5 Å². The lowest BCUT2D eigenvalue weighted by atomic mass is 9.99. The highest BCUT2D eigenvalue weighted by atomic mass is 16.5. The molecule has 0 saturated heterocycles. The van der Waals surface area contributed by atoms with Crippen molar-refractivity contribution < 1.29 is 18.9 Å². The van der Waals surface area contributed by atoms with E-state index >= 15 is 0 Å². The van der Waals surface area contributed by atoms with Crippen molar-refractivity contribution in [2.75, 3.05) is 37.2 Å². The lowest BCUT2D eigenvalue weighted by molar-refractivity contribution is 0.409. The van der Waals surface area contributed by atoms with E-state index in [0.29, 0.717) is 45.7 Å². The predicted octanol–water partition coefficient (Wildman–Crippen LogP) is 4.18. The molecule has 0 radical (unpaired) electrons. The van der Waals surface area contributed by atoms with Gasteiger partial charge in [0.25, 0.3) is 0 Å². The van der Waals surface area contributed by atoms with E-state index in [4.69, 9.17) is 41.9 Å². The fourth-order valence-electron chi connectivity index (χ4n) is 4.30. The number of nitrogens with zero attached hydrogens (tertiary/aromatic N) is 8. The van der Waals surface area contributed by atoms with E-state index in [1.807, 2.05) is 33.8 Å². The Labute approximate surface area is 270 Å². The van der Waals surface area contributed by atoms with Crippen LogP contribution in [0.15, 0.2) is 36.7 Å². The number of anilines is 4. The SMILES string of the molecule is COc1cc(C(C)C)c(Oc2cnc(N)nc2N)cc1-c1nn[nH]n1.COc1cc(C(C)C)c(Oc2cnc(N)nc2N)cc1C#N. The molecule has 3 aromatic heterocycles. The van der Waals surface area contributed by atoms with Gasteiger partial charge in [-0.2, -0.15) is 20.4 Å². The van der Waals surface area contributed by atoms with Crippen LogP contribution < -0.4 is 41.9 Å². The summed E-state index contributed by atoms with van der Waals surface area (Å²) in [4.78, 5) is 15.5. The molecule has 5 rings (SSSR count). The number of nitrogen functional groups attached to an aromatic ring is 4. The number of benzene rings is 2. The maximum atomic E-state index is 9.21. The largest absolute Gasteiger partial charge is 0.496 e. The Morgan fingerprint density at radius 2 is 1.21 bits per heavy atom. The molecule has 9 N–H and O–H groups in total. The molecule has 0 aliphatic heterocycles. The summed E-state index contributed by atoms with van der Waals surface area (Å²) in [7, 11) is 3.10. The van der Waals surface area contributed by atoms with E-state index in [1.165, 1.54) is 19.5 Å². The molecular weight excluding hydrogens is 606 g/mol. The maximum absolute atomic E-state index is 9.21. The summed E-state index contributed by atoms with van der Waals surface area (Å²) in [6.07, 6.45) is 2.83. The van der Waals surface area contributed by atoms with Gasteiger partial charge in [0, 0.05) is 17.2 Å². The van der Waals surface area contributed by atoms with Gasteiger partial charge in [-0.3, -0.25) is 0 Å². The second-order valence-electron chi connectivity index (χ2n) is 10.5. The van der Waals surface area contributed by atoms with Crippen molar-refractivity contribution in [3.63, 3.8) is 0 Å². The highest BCUT2D eigenvalue weighted by Gasteiger charge is 2.20. The summed E-state index contributed by atoms with van der Waals surface area (Å²) in [5.41, 5.74) is 25.4. The molecule has 0 aliphatic carbocycles. The number of nitrogens with one attached hydrogen (secondary N) is 1. The molecule has 17 heteroatoms. The van der Waals surface area contributed by atoms with Crippen LogP contribution in [-0.4, -0.2) is 54.8 Å². The molecule has 0 spiro atoms. The summed E-state index contributed by atoms with van der Waals surface area (Å²) >= 11 is 0. The van der Waals surface area contributed by atoms with Crippen LogP contribution in [0.1, 0.15) is 56.2 Å².